The fourth-order valence-corrected chi connectivity index (χ4v) is 2.58. The summed E-state index contributed by atoms with van der Waals surface area (Å²) >= 11 is 1.29. The zero-order chi connectivity index (χ0) is 7.84. The Hall–Kier alpha value is -0.280. The second-order valence-corrected chi connectivity index (χ2v) is 4.40. The average molecular weight is 172 g/mol. The molecule has 2 rings (SSSR count). The standard InChI is InChI=1S/C8H12O2S/c1-5-7-8(6(2)11-5)10-4-3-9-7/h7,11H,3-4H2,1-2H3. The van der Waals surface area contributed by atoms with Gasteiger partial charge in [0.2, 0.25) is 0 Å². The predicted molar refractivity (Wildman–Crippen MR) is 48.1 cm³/mol. The molecule has 0 aromatic carbocycles. The molecule has 0 radical (unpaired) electrons. The number of fused-ring (bicyclic) bond motifs is 1. The summed E-state index contributed by atoms with van der Waals surface area (Å²) < 4.78 is 11.1. The quantitative estimate of drug-likeness (QED) is 0.438. The molecule has 0 aliphatic carbocycles. The fraction of sp³-hybridized carbons (Fsp3) is 0.625. The van der Waals surface area contributed by atoms with Gasteiger partial charge in [0.15, 0.2) is 0 Å². The first-order valence-corrected chi connectivity index (χ1v) is 4.69. The minimum absolute atomic E-state index is 0.172. The summed E-state index contributed by atoms with van der Waals surface area (Å²) in [4.78, 5) is 2.67. The van der Waals surface area contributed by atoms with Gasteiger partial charge in [-0.15, -0.1) is 0 Å². The van der Waals surface area contributed by atoms with Crippen LogP contribution in [0.3, 0.4) is 0 Å². The molecule has 0 spiro atoms. The number of allylic oxidation sites excluding steroid dienone is 1. The molecule has 1 unspecified atom stereocenters. The molecule has 0 amide bonds. The van der Waals surface area contributed by atoms with Gasteiger partial charge in [0.05, 0.1) is 6.61 Å². The van der Waals surface area contributed by atoms with Crippen LogP contribution in [0.4, 0.5) is 0 Å². The highest BCUT2D eigenvalue weighted by Gasteiger charge is 2.28. The van der Waals surface area contributed by atoms with E-state index in [1.54, 1.807) is 0 Å². The van der Waals surface area contributed by atoms with Gasteiger partial charge in [-0.2, -0.15) is 11.4 Å². The minimum atomic E-state index is 0.172. The molecule has 2 nitrogen and oxygen atoms in total. The van der Waals surface area contributed by atoms with Gasteiger partial charge in [-0.3, -0.25) is 0 Å². The average Bonchev–Trinajstić information content (AvgIpc) is 2.30. The molecule has 1 fully saturated rings. The van der Waals surface area contributed by atoms with Crippen LogP contribution in [0, 0.1) is 0 Å². The Labute approximate surface area is 70.1 Å². The van der Waals surface area contributed by atoms with Crippen molar-refractivity contribution in [2.45, 2.75) is 20.0 Å². The number of rotatable bonds is 0. The van der Waals surface area contributed by atoms with Gasteiger partial charge in [0, 0.05) is 4.91 Å². The van der Waals surface area contributed by atoms with Crippen LogP contribution >= 0.6 is 11.4 Å². The molecule has 11 heavy (non-hydrogen) atoms. The second-order valence-electron chi connectivity index (χ2n) is 2.80. The molecule has 0 N–H and O–H groups in total. The van der Waals surface area contributed by atoms with Crippen LogP contribution in [0.5, 0.6) is 0 Å². The number of thiol groups is 1. The zero-order valence-corrected chi connectivity index (χ0v) is 7.65. The summed E-state index contributed by atoms with van der Waals surface area (Å²) in [6, 6.07) is 0. The first-order valence-electron chi connectivity index (χ1n) is 3.79. The summed E-state index contributed by atoms with van der Waals surface area (Å²) in [5.74, 6) is 1.07. The van der Waals surface area contributed by atoms with E-state index in [2.05, 4.69) is 13.8 Å². The summed E-state index contributed by atoms with van der Waals surface area (Å²) in [5.41, 5.74) is 0. The Bertz CT molecular complexity index is 242. The van der Waals surface area contributed by atoms with Crippen LogP contribution in [-0.2, 0) is 9.47 Å². The fourth-order valence-electron chi connectivity index (χ4n) is 1.45. The summed E-state index contributed by atoms with van der Waals surface area (Å²) in [7, 11) is 0. The van der Waals surface area contributed by atoms with Crippen molar-refractivity contribution in [1.82, 2.24) is 0 Å². The molecule has 2 heterocycles. The van der Waals surface area contributed by atoms with Gasteiger partial charge in [0.1, 0.15) is 18.5 Å². The van der Waals surface area contributed by atoms with Gasteiger partial charge in [-0.05, 0) is 18.7 Å². The molecule has 62 valence electrons. The predicted octanol–water partition coefficient (Wildman–Crippen LogP) is 1.30. The Morgan fingerprint density at radius 1 is 1.36 bits per heavy atom. The molecule has 1 saturated heterocycles. The molecule has 0 aromatic heterocycles. The Morgan fingerprint density at radius 2 is 2.18 bits per heavy atom. The van der Waals surface area contributed by atoms with Crippen molar-refractivity contribution in [3.63, 3.8) is 0 Å². The molecule has 0 saturated carbocycles. The van der Waals surface area contributed by atoms with Gasteiger partial charge in [-0.1, -0.05) is 0 Å². The maximum Gasteiger partial charge on any atom is 0.142 e. The van der Waals surface area contributed by atoms with E-state index >= 15 is 0 Å². The first-order chi connectivity index (χ1) is 5.29. The van der Waals surface area contributed by atoms with Crippen molar-refractivity contribution in [2.75, 3.05) is 13.2 Å². The third-order valence-electron chi connectivity index (χ3n) is 1.94. The maximum absolute atomic E-state index is 5.56. The third kappa shape index (κ3) is 1.12. The van der Waals surface area contributed by atoms with Crippen molar-refractivity contribution in [3.05, 3.63) is 10.7 Å². The van der Waals surface area contributed by atoms with Crippen molar-refractivity contribution in [3.8, 4) is 0 Å². The zero-order valence-electron chi connectivity index (χ0n) is 6.76. The highest BCUT2D eigenvalue weighted by Crippen LogP contribution is 2.31. The highest BCUT2D eigenvalue weighted by molar-refractivity contribution is 8.02. The molecule has 1 atom stereocenters. The number of hydrogen-bond acceptors (Lipinski definition) is 2. The van der Waals surface area contributed by atoms with Crippen molar-refractivity contribution in [1.29, 1.82) is 0 Å². The van der Waals surface area contributed by atoms with Crippen molar-refractivity contribution >= 4 is 16.2 Å². The second kappa shape index (κ2) is 2.64. The Morgan fingerprint density at radius 3 is 2.91 bits per heavy atom. The lowest BCUT2D eigenvalue weighted by molar-refractivity contribution is -0.0118. The summed E-state index contributed by atoms with van der Waals surface area (Å²) in [5, 5.41) is 0. The van der Waals surface area contributed by atoms with Crippen LogP contribution in [-0.4, -0.2) is 24.2 Å². The van der Waals surface area contributed by atoms with E-state index in [9.17, 15) is 0 Å². The largest absolute Gasteiger partial charge is 0.492 e. The normalized spacial score (nSPS) is 30.4. The van der Waals surface area contributed by atoms with Gasteiger partial charge >= 0.3 is 0 Å². The van der Waals surface area contributed by atoms with Crippen LogP contribution in [0.25, 0.3) is 0 Å². The maximum atomic E-state index is 5.56. The molecular formula is C8H12O2S. The first kappa shape index (κ1) is 7.37. The summed E-state index contributed by atoms with van der Waals surface area (Å²) in [6.45, 7) is 5.67. The van der Waals surface area contributed by atoms with E-state index in [1.165, 1.54) is 21.1 Å². The molecule has 2 aliphatic rings. The molecule has 2 aliphatic heterocycles. The lowest BCUT2D eigenvalue weighted by Crippen LogP contribution is -2.29. The molecule has 0 bridgehead atoms. The smallest absolute Gasteiger partial charge is 0.142 e. The highest BCUT2D eigenvalue weighted by atomic mass is 32.1. The van der Waals surface area contributed by atoms with Crippen LogP contribution < -0.4 is 0 Å². The Balaban J connectivity index is 2.29. The van der Waals surface area contributed by atoms with E-state index in [0.29, 0.717) is 6.61 Å². The SMILES string of the molecule is CC1=[SH]C(C)=C2OCCOC12. The lowest BCUT2D eigenvalue weighted by Gasteiger charge is -2.23. The Kier molecular flexibility index (Phi) is 1.77. The molecule has 0 aromatic rings. The third-order valence-corrected chi connectivity index (χ3v) is 3.09. The minimum Gasteiger partial charge on any atom is -0.492 e. The summed E-state index contributed by atoms with van der Waals surface area (Å²) in [6.07, 6.45) is 0.172. The van der Waals surface area contributed by atoms with Crippen molar-refractivity contribution in [2.24, 2.45) is 0 Å². The van der Waals surface area contributed by atoms with E-state index in [4.69, 9.17) is 9.47 Å². The van der Waals surface area contributed by atoms with E-state index in [-0.39, 0.29) is 6.10 Å². The monoisotopic (exact) mass is 172 g/mol. The number of hydrogen-bond donors (Lipinski definition) is 1. The van der Waals surface area contributed by atoms with Gasteiger partial charge in [0.25, 0.3) is 0 Å². The van der Waals surface area contributed by atoms with Gasteiger partial charge in [-0.25, -0.2) is 0 Å². The molecular weight excluding hydrogens is 160 g/mol. The topological polar surface area (TPSA) is 18.5 Å². The van der Waals surface area contributed by atoms with Crippen LogP contribution in [0.2, 0.25) is 0 Å². The van der Waals surface area contributed by atoms with E-state index in [0.717, 1.165) is 12.4 Å². The number of ether oxygens (including phenoxy) is 2. The van der Waals surface area contributed by atoms with Crippen molar-refractivity contribution < 1.29 is 9.47 Å². The van der Waals surface area contributed by atoms with E-state index < -0.39 is 0 Å². The van der Waals surface area contributed by atoms with E-state index in [1.807, 2.05) is 0 Å². The molecule has 3 heteroatoms. The van der Waals surface area contributed by atoms with Gasteiger partial charge < -0.3 is 9.47 Å². The van der Waals surface area contributed by atoms with Crippen LogP contribution in [0.1, 0.15) is 13.8 Å². The van der Waals surface area contributed by atoms with Crippen LogP contribution in [0.15, 0.2) is 10.7 Å². The lowest BCUT2D eigenvalue weighted by atomic mass is 10.2.